The Bertz CT molecular complexity index is 528. The molecule has 0 aliphatic rings. The van der Waals surface area contributed by atoms with Gasteiger partial charge in [0.2, 0.25) is 11.8 Å². The van der Waals surface area contributed by atoms with E-state index in [9.17, 15) is 0 Å². The van der Waals surface area contributed by atoms with Crippen molar-refractivity contribution in [2.24, 2.45) is 5.84 Å². The van der Waals surface area contributed by atoms with Crippen LogP contribution in [0, 0.1) is 12.3 Å². The maximum absolute atomic E-state index is 5.41. The van der Waals surface area contributed by atoms with Crippen molar-refractivity contribution < 1.29 is 4.74 Å². The highest BCUT2D eigenvalue weighted by molar-refractivity contribution is 5.80. The molecule has 7 heteroatoms. The highest BCUT2D eigenvalue weighted by Gasteiger charge is 2.09. The lowest BCUT2D eigenvalue weighted by molar-refractivity contribution is 0.319. The number of anilines is 1. The number of rotatable bonds is 4. The van der Waals surface area contributed by atoms with Crippen LogP contribution >= 0.6 is 0 Å². The zero-order valence-electron chi connectivity index (χ0n) is 8.40. The number of nitrogens with one attached hydrogen (secondary N) is 2. The number of nitrogen functional groups attached to an aromatic ring is 1. The van der Waals surface area contributed by atoms with Crippen molar-refractivity contribution in [1.29, 1.82) is 0 Å². The smallest absolute Gasteiger partial charge is 0.242 e. The topological polar surface area (TPSA) is 102 Å². The molecule has 0 unspecified atom stereocenters. The van der Waals surface area contributed by atoms with E-state index in [0.29, 0.717) is 29.9 Å². The summed E-state index contributed by atoms with van der Waals surface area (Å²) in [5.74, 6) is 8.37. The van der Waals surface area contributed by atoms with Gasteiger partial charge in [0.15, 0.2) is 5.65 Å². The Morgan fingerprint density at radius 2 is 2.44 bits per heavy atom. The van der Waals surface area contributed by atoms with E-state index in [0.717, 1.165) is 0 Å². The Morgan fingerprint density at radius 1 is 1.56 bits per heavy atom. The third-order valence-corrected chi connectivity index (χ3v) is 1.89. The maximum Gasteiger partial charge on any atom is 0.242 e. The zero-order valence-corrected chi connectivity index (χ0v) is 8.40. The van der Waals surface area contributed by atoms with E-state index in [-0.39, 0.29) is 5.95 Å². The monoisotopic (exact) mass is 218 g/mol. The Kier molecular flexibility index (Phi) is 2.84. The minimum absolute atomic E-state index is 0.257. The van der Waals surface area contributed by atoms with Gasteiger partial charge in [-0.15, -0.1) is 12.3 Å². The number of hydrogen-bond acceptors (Lipinski definition) is 6. The van der Waals surface area contributed by atoms with Crippen molar-refractivity contribution in [3.05, 3.63) is 6.20 Å². The second kappa shape index (κ2) is 4.46. The van der Waals surface area contributed by atoms with Crippen molar-refractivity contribution in [2.45, 2.75) is 6.42 Å². The molecule has 0 spiro atoms. The van der Waals surface area contributed by atoms with E-state index in [1.807, 2.05) is 0 Å². The minimum Gasteiger partial charge on any atom is -0.476 e. The van der Waals surface area contributed by atoms with Gasteiger partial charge in [-0.3, -0.25) is 10.5 Å². The highest BCUT2D eigenvalue weighted by Crippen LogP contribution is 2.21. The summed E-state index contributed by atoms with van der Waals surface area (Å²) in [6.45, 7) is 0.387. The first-order valence-corrected chi connectivity index (χ1v) is 4.59. The molecule has 0 aromatic carbocycles. The maximum atomic E-state index is 5.41. The number of aromatic nitrogens is 4. The van der Waals surface area contributed by atoms with Crippen LogP contribution in [0.5, 0.6) is 5.88 Å². The standard InChI is InChI=1S/C9H10N6O/c1-2-3-4-16-8-6-5-11-15-7(6)12-9(13-8)14-10/h1,5H,3-4,10H2,(H2,11,12,13,14,15). The summed E-state index contributed by atoms with van der Waals surface area (Å²) in [4.78, 5) is 8.12. The number of nitrogens with two attached hydrogens (primary N) is 1. The summed E-state index contributed by atoms with van der Waals surface area (Å²) in [5.41, 5.74) is 2.90. The second-order valence-electron chi connectivity index (χ2n) is 2.93. The van der Waals surface area contributed by atoms with Crippen LogP contribution in [0.1, 0.15) is 6.42 Å². The van der Waals surface area contributed by atoms with E-state index in [2.05, 4.69) is 31.5 Å². The van der Waals surface area contributed by atoms with E-state index >= 15 is 0 Å². The summed E-state index contributed by atoms with van der Waals surface area (Å²) in [6.07, 6.45) is 7.22. The number of hydrogen-bond donors (Lipinski definition) is 3. The second-order valence-corrected chi connectivity index (χ2v) is 2.93. The molecule has 2 aromatic rings. The average molecular weight is 218 g/mol. The summed E-state index contributed by atoms with van der Waals surface area (Å²) < 4.78 is 5.41. The van der Waals surface area contributed by atoms with E-state index in [1.54, 1.807) is 6.20 Å². The van der Waals surface area contributed by atoms with Gasteiger partial charge in [-0.2, -0.15) is 15.1 Å². The first-order chi connectivity index (χ1) is 7.85. The van der Waals surface area contributed by atoms with Gasteiger partial charge in [0, 0.05) is 6.42 Å². The molecule has 0 aliphatic carbocycles. The molecule has 0 saturated carbocycles. The zero-order chi connectivity index (χ0) is 11.4. The van der Waals surface area contributed by atoms with E-state index < -0.39 is 0 Å². The first kappa shape index (κ1) is 10.2. The lowest BCUT2D eigenvalue weighted by Gasteiger charge is -2.05. The number of H-pyrrole nitrogens is 1. The predicted octanol–water partition coefficient (Wildman–Crippen LogP) is 0.0406. The van der Waals surface area contributed by atoms with Crippen molar-refractivity contribution >= 4 is 17.0 Å². The third-order valence-electron chi connectivity index (χ3n) is 1.89. The third kappa shape index (κ3) is 1.87. The Hall–Kier alpha value is -2.33. The van der Waals surface area contributed by atoms with Crippen molar-refractivity contribution in [2.75, 3.05) is 12.0 Å². The molecule has 2 heterocycles. The van der Waals surface area contributed by atoms with Gasteiger partial charge in [0.25, 0.3) is 0 Å². The lowest BCUT2D eigenvalue weighted by atomic mass is 10.4. The molecule has 82 valence electrons. The minimum atomic E-state index is 0.257. The molecule has 7 nitrogen and oxygen atoms in total. The Balaban J connectivity index is 2.33. The van der Waals surface area contributed by atoms with Crippen LogP contribution in [0.15, 0.2) is 6.20 Å². The number of terminal acetylenes is 1. The van der Waals surface area contributed by atoms with Gasteiger partial charge >= 0.3 is 0 Å². The number of hydrazine groups is 1. The quantitative estimate of drug-likeness (QED) is 0.290. The van der Waals surface area contributed by atoms with Crippen LogP contribution in [0.25, 0.3) is 11.0 Å². The molecule has 0 fully saturated rings. The molecule has 0 saturated heterocycles. The fraction of sp³-hybridized carbons (Fsp3) is 0.222. The lowest BCUT2D eigenvalue weighted by Crippen LogP contribution is -2.11. The summed E-state index contributed by atoms with van der Waals surface area (Å²) in [7, 11) is 0. The van der Waals surface area contributed by atoms with Crippen LogP contribution in [-0.2, 0) is 0 Å². The number of ether oxygens (including phenoxy) is 1. The van der Waals surface area contributed by atoms with Crippen LogP contribution in [-0.4, -0.2) is 26.8 Å². The highest BCUT2D eigenvalue weighted by atomic mass is 16.5. The predicted molar refractivity (Wildman–Crippen MR) is 58.4 cm³/mol. The SMILES string of the molecule is C#CCCOc1nc(NN)nc2[nH]ncc12. The molecular weight excluding hydrogens is 208 g/mol. The van der Waals surface area contributed by atoms with Crippen LogP contribution in [0.3, 0.4) is 0 Å². The largest absolute Gasteiger partial charge is 0.476 e. The molecular formula is C9H10N6O. The molecule has 0 aliphatic heterocycles. The van der Waals surface area contributed by atoms with Gasteiger partial charge in [-0.05, 0) is 0 Å². The van der Waals surface area contributed by atoms with E-state index in [1.165, 1.54) is 0 Å². The van der Waals surface area contributed by atoms with Gasteiger partial charge in [-0.25, -0.2) is 5.84 Å². The fourth-order valence-electron chi connectivity index (χ4n) is 1.19. The molecule has 0 atom stereocenters. The van der Waals surface area contributed by atoms with Gasteiger partial charge in [-0.1, -0.05) is 0 Å². The van der Waals surface area contributed by atoms with Crippen LogP contribution in [0.4, 0.5) is 5.95 Å². The molecule has 0 radical (unpaired) electrons. The molecule has 4 N–H and O–H groups in total. The van der Waals surface area contributed by atoms with Gasteiger partial charge in [0.1, 0.15) is 12.0 Å². The fourth-order valence-corrected chi connectivity index (χ4v) is 1.19. The van der Waals surface area contributed by atoms with Crippen LogP contribution in [0.2, 0.25) is 0 Å². The Labute approximate surface area is 91.4 Å². The summed E-state index contributed by atoms with van der Waals surface area (Å²) in [5, 5.41) is 7.25. The van der Waals surface area contributed by atoms with Gasteiger partial charge < -0.3 is 4.74 Å². The molecule has 2 rings (SSSR count). The molecule has 2 aromatic heterocycles. The number of nitrogens with zero attached hydrogens (tertiary/aromatic N) is 3. The van der Waals surface area contributed by atoms with Crippen molar-refractivity contribution in [3.8, 4) is 18.2 Å². The van der Waals surface area contributed by atoms with Crippen LogP contribution < -0.4 is 16.0 Å². The van der Waals surface area contributed by atoms with E-state index in [4.69, 9.17) is 17.0 Å². The average Bonchev–Trinajstić information content (AvgIpc) is 2.77. The van der Waals surface area contributed by atoms with Gasteiger partial charge in [0.05, 0.1) is 6.20 Å². The van der Waals surface area contributed by atoms with Crippen molar-refractivity contribution in [1.82, 2.24) is 20.2 Å². The Morgan fingerprint density at radius 3 is 3.19 bits per heavy atom. The van der Waals surface area contributed by atoms with Crippen molar-refractivity contribution in [3.63, 3.8) is 0 Å². The molecule has 0 amide bonds. The number of fused-ring (bicyclic) bond motifs is 1. The molecule has 16 heavy (non-hydrogen) atoms. The summed E-state index contributed by atoms with van der Waals surface area (Å²) >= 11 is 0. The summed E-state index contributed by atoms with van der Waals surface area (Å²) in [6, 6.07) is 0. The normalized spacial score (nSPS) is 10.0. The number of aromatic amines is 1. The molecule has 0 bridgehead atoms. The first-order valence-electron chi connectivity index (χ1n) is 4.59.